The van der Waals surface area contributed by atoms with Crippen molar-refractivity contribution in [3.63, 3.8) is 0 Å². The van der Waals surface area contributed by atoms with Crippen LogP contribution in [0.25, 0.3) is 0 Å². The molecule has 0 aromatic carbocycles. The highest BCUT2D eigenvalue weighted by Gasteiger charge is 2.46. The Hall–Kier alpha value is -1.14. The molecular weight excluding hydrogens is 240 g/mol. The number of ether oxygens (including phenoxy) is 2. The molecule has 0 saturated heterocycles. The number of carbonyl (C=O) groups is 2. The van der Waals surface area contributed by atoms with Gasteiger partial charge in [0.2, 0.25) is 0 Å². The minimum absolute atomic E-state index is 0.0506. The molecule has 0 amide bonds. The second-order valence-electron chi connectivity index (χ2n) is 3.94. The van der Waals surface area contributed by atoms with Crippen molar-refractivity contribution in [3.05, 3.63) is 0 Å². The zero-order chi connectivity index (χ0) is 14.0. The van der Waals surface area contributed by atoms with Crippen LogP contribution in [0.5, 0.6) is 0 Å². The summed E-state index contributed by atoms with van der Waals surface area (Å²) in [6, 6.07) is 0. The first-order chi connectivity index (χ1) is 8.55. The van der Waals surface area contributed by atoms with E-state index in [0.717, 1.165) is 0 Å². The molecule has 0 fully saturated rings. The summed E-state index contributed by atoms with van der Waals surface area (Å²) < 4.78 is 9.90. The Kier molecular flexibility index (Phi) is 8.32. The van der Waals surface area contributed by atoms with Crippen LogP contribution in [0.4, 0.5) is 0 Å². The monoisotopic (exact) mass is 262 g/mol. The van der Waals surface area contributed by atoms with Crippen LogP contribution in [-0.2, 0) is 19.1 Å². The molecule has 2 N–H and O–H groups in total. The summed E-state index contributed by atoms with van der Waals surface area (Å²) in [6.07, 6.45) is 0.823. The average Bonchev–Trinajstić information content (AvgIpc) is 2.33. The standard InChI is InChI=1S/C12H22O6/c1-3-5-12(10(14)15,11(16)18-4-2)6-8-17-9-7-13/h13H,3-9H2,1-2H3,(H,14,15). The second-order valence-corrected chi connectivity index (χ2v) is 3.94. The molecule has 0 radical (unpaired) electrons. The Labute approximate surface area is 107 Å². The van der Waals surface area contributed by atoms with Gasteiger partial charge in [0.25, 0.3) is 0 Å². The van der Waals surface area contributed by atoms with Crippen molar-refractivity contribution in [2.75, 3.05) is 26.4 Å². The first kappa shape index (κ1) is 16.9. The van der Waals surface area contributed by atoms with Gasteiger partial charge in [-0.15, -0.1) is 0 Å². The molecule has 1 unspecified atom stereocenters. The molecule has 0 aliphatic rings. The van der Waals surface area contributed by atoms with Crippen LogP contribution in [0, 0.1) is 5.41 Å². The third-order valence-corrected chi connectivity index (χ3v) is 2.66. The van der Waals surface area contributed by atoms with Crippen LogP contribution >= 0.6 is 0 Å². The SMILES string of the molecule is CCCC(CCOCCO)(C(=O)O)C(=O)OCC. The van der Waals surface area contributed by atoms with Crippen LogP contribution < -0.4 is 0 Å². The molecule has 6 heteroatoms. The zero-order valence-corrected chi connectivity index (χ0v) is 11.0. The van der Waals surface area contributed by atoms with E-state index in [1.54, 1.807) is 6.92 Å². The fraction of sp³-hybridized carbons (Fsp3) is 0.833. The number of carboxylic acids is 1. The van der Waals surface area contributed by atoms with E-state index in [0.29, 0.717) is 6.42 Å². The Morgan fingerprint density at radius 2 is 1.83 bits per heavy atom. The number of carbonyl (C=O) groups excluding carboxylic acids is 1. The van der Waals surface area contributed by atoms with Crippen molar-refractivity contribution in [2.24, 2.45) is 5.41 Å². The molecule has 0 aliphatic carbocycles. The number of rotatable bonds is 10. The highest BCUT2D eigenvalue weighted by atomic mass is 16.5. The first-order valence-corrected chi connectivity index (χ1v) is 6.14. The van der Waals surface area contributed by atoms with Gasteiger partial charge in [-0.05, 0) is 19.8 Å². The predicted molar refractivity (Wildman–Crippen MR) is 64.1 cm³/mol. The van der Waals surface area contributed by atoms with Gasteiger partial charge in [0.1, 0.15) is 0 Å². The van der Waals surface area contributed by atoms with Crippen LogP contribution in [-0.4, -0.2) is 48.6 Å². The molecule has 0 rings (SSSR count). The van der Waals surface area contributed by atoms with Gasteiger partial charge in [0.15, 0.2) is 5.41 Å². The van der Waals surface area contributed by atoms with E-state index in [-0.39, 0.29) is 39.3 Å². The van der Waals surface area contributed by atoms with Crippen LogP contribution in [0.2, 0.25) is 0 Å². The zero-order valence-electron chi connectivity index (χ0n) is 11.0. The maximum Gasteiger partial charge on any atom is 0.323 e. The lowest BCUT2D eigenvalue weighted by molar-refractivity contribution is -0.171. The van der Waals surface area contributed by atoms with Gasteiger partial charge in [-0.25, -0.2) is 0 Å². The van der Waals surface area contributed by atoms with Gasteiger partial charge in [-0.3, -0.25) is 9.59 Å². The van der Waals surface area contributed by atoms with E-state index in [1.165, 1.54) is 0 Å². The van der Waals surface area contributed by atoms with Crippen LogP contribution in [0.3, 0.4) is 0 Å². The lowest BCUT2D eigenvalue weighted by Gasteiger charge is -2.26. The number of hydrogen-bond donors (Lipinski definition) is 2. The number of esters is 1. The maximum absolute atomic E-state index is 11.9. The summed E-state index contributed by atoms with van der Waals surface area (Å²) in [7, 11) is 0. The molecule has 0 spiro atoms. The minimum atomic E-state index is -1.54. The number of aliphatic carboxylic acids is 1. The molecule has 0 aromatic rings. The Morgan fingerprint density at radius 1 is 1.17 bits per heavy atom. The molecule has 1 atom stereocenters. The average molecular weight is 262 g/mol. The van der Waals surface area contributed by atoms with E-state index >= 15 is 0 Å². The number of hydrogen-bond acceptors (Lipinski definition) is 5. The molecule has 106 valence electrons. The summed E-state index contributed by atoms with van der Waals surface area (Å²) >= 11 is 0. The van der Waals surface area contributed by atoms with E-state index in [4.69, 9.17) is 14.6 Å². The Balaban J connectivity index is 4.74. The van der Waals surface area contributed by atoms with Gasteiger partial charge in [-0.2, -0.15) is 0 Å². The summed E-state index contributed by atoms with van der Waals surface area (Å²) in [5.74, 6) is -1.90. The quantitative estimate of drug-likeness (QED) is 0.344. The summed E-state index contributed by atoms with van der Waals surface area (Å²) in [4.78, 5) is 23.2. The van der Waals surface area contributed by atoms with E-state index < -0.39 is 17.4 Å². The van der Waals surface area contributed by atoms with Crippen molar-refractivity contribution in [3.8, 4) is 0 Å². The minimum Gasteiger partial charge on any atom is -0.480 e. The van der Waals surface area contributed by atoms with Crippen molar-refractivity contribution in [1.29, 1.82) is 0 Å². The third-order valence-electron chi connectivity index (χ3n) is 2.66. The first-order valence-electron chi connectivity index (χ1n) is 6.14. The highest BCUT2D eigenvalue weighted by molar-refractivity contribution is 5.99. The molecule has 0 heterocycles. The maximum atomic E-state index is 11.9. The molecule has 0 aromatic heterocycles. The van der Waals surface area contributed by atoms with Gasteiger partial charge in [0.05, 0.1) is 19.8 Å². The van der Waals surface area contributed by atoms with Gasteiger partial charge < -0.3 is 19.7 Å². The lowest BCUT2D eigenvalue weighted by atomic mass is 9.80. The van der Waals surface area contributed by atoms with Crippen LogP contribution in [0.15, 0.2) is 0 Å². The summed E-state index contributed by atoms with van der Waals surface area (Å²) in [5, 5.41) is 17.9. The summed E-state index contributed by atoms with van der Waals surface area (Å²) in [6.45, 7) is 3.70. The normalized spacial score (nSPS) is 13.9. The van der Waals surface area contributed by atoms with Gasteiger partial charge in [-0.1, -0.05) is 13.3 Å². The van der Waals surface area contributed by atoms with Gasteiger partial charge in [0, 0.05) is 6.61 Å². The number of carboxylic acid groups (broad SMARTS) is 1. The highest BCUT2D eigenvalue weighted by Crippen LogP contribution is 2.30. The van der Waals surface area contributed by atoms with Gasteiger partial charge >= 0.3 is 11.9 Å². The van der Waals surface area contributed by atoms with Crippen molar-refractivity contribution in [1.82, 2.24) is 0 Å². The van der Waals surface area contributed by atoms with E-state index in [2.05, 4.69) is 0 Å². The fourth-order valence-corrected chi connectivity index (χ4v) is 1.74. The Bertz CT molecular complexity index is 265. The molecule has 0 aliphatic heterocycles. The molecular formula is C12H22O6. The molecule has 0 saturated carbocycles. The number of aliphatic hydroxyl groups excluding tert-OH is 1. The van der Waals surface area contributed by atoms with Crippen molar-refractivity contribution >= 4 is 11.9 Å². The Morgan fingerprint density at radius 3 is 2.28 bits per heavy atom. The fourth-order valence-electron chi connectivity index (χ4n) is 1.74. The smallest absolute Gasteiger partial charge is 0.323 e. The van der Waals surface area contributed by atoms with Crippen molar-refractivity contribution in [2.45, 2.75) is 33.1 Å². The van der Waals surface area contributed by atoms with Crippen LogP contribution in [0.1, 0.15) is 33.1 Å². The van der Waals surface area contributed by atoms with Crippen molar-refractivity contribution < 1.29 is 29.3 Å². The largest absolute Gasteiger partial charge is 0.480 e. The molecule has 0 bridgehead atoms. The van der Waals surface area contributed by atoms with E-state index in [1.807, 2.05) is 6.92 Å². The third kappa shape index (κ3) is 4.62. The second kappa shape index (κ2) is 8.88. The lowest BCUT2D eigenvalue weighted by Crippen LogP contribution is -2.41. The predicted octanol–water partition coefficient (Wildman–Crippen LogP) is 0.820. The van der Waals surface area contributed by atoms with E-state index in [9.17, 15) is 14.7 Å². The molecule has 18 heavy (non-hydrogen) atoms. The topological polar surface area (TPSA) is 93.1 Å². The molecule has 6 nitrogen and oxygen atoms in total. The summed E-state index contributed by atoms with van der Waals surface area (Å²) in [5.41, 5.74) is -1.54. The number of aliphatic hydroxyl groups is 1.